The Balaban J connectivity index is 1.35. The van der Waals surface area contributed by atoms with E-state index in [0.29, 0.717) is 11.5 Å². The van der Waals surface area contributed by atoms with Crippen molar-refractivity contribution in [2.45, 2.75) is 23.8 Å². The maximum absolute atomic E-state index is 11.7. The molecule has 0 aliphatic carbocycles. The molecule has 1 aliphatic rings. The van der Waals surface area contributed by atoms with Crippen LogP contribution < -0.4 is 9.64 Å². The summed E-state index contributed by atoms with van der Waals surface area (Å²) in [4.78, 5) is 11.4. The smallest absolute Gasteiger partial charge is 0.228 e. The van der Waals surface area contributed by atoms with Crippen LogP contribution in [0.15, 0.2) is 59.2 Å². The molecule has 5 rings (SSSR count). The highest BCUT2D eigenvalue weighted by Gasteiger charge is 2.23. The fraction of sp³-hybridized carbons (Fsp3) is 0.286. The number of anilines is 1. The van der Waals surface area contributed by atoms with Crippen LogP contribution >= 0.6 is 11.3 Å². The van der Waals surface area contributed by atoms with Gasteiger partial charge in [-0.1, -0.05) is 0 Å². The van der Waals surface area contributed by atoms with E-state index < -0.39 is 9.84 Å². The van der Waals surface area contributed by atoms with Crippen molar-refractivity contribution >= 4 is 37.2 Å². The second kappa shape index (κ2) is 7.93. The Labute approximate surface area is 184 Å². The number of hydrogen-bond donors (Lipinski definition) is 0. The zero-order chi connectivity index (χ0) is 21.4. The van der Waals surface area contributed by atoms with Crippen molar-refractivity contribution in [3.8, 4) is 11.6 Å². The first-order valence-electron chi connectivity index (χ1n) is 9.93. The average Bonchev–Trinajstić information content (AvgIpc) is 3.45. The van der Waals surface area contributed by atoms with Gasteiger partial charge < -0.3 is 9.64 Å². The van der Waals surface area contributed by atoms with Gasteiger partial charge in [0.1, 0.15) is 17.8 Å². The molecule has 1 fully saturated rings. The number of piperidine rings is 1. The molecule has 31 heavy (non-hydrogen) atoms. The molecule has 160 valence electrons. The number of ether oxygens (including phenoxy) is 1. The van der Waals surface area contributed by atoms with Crippen molar-refractivity contribution in [3.05, 3.63) is 54.3 Å². The SMILES string of the molecule is CS(=O)(=O)c1ccc(-n2ncc3c(OC4CCN(c5cccs5)CC4)ncnc32)cc1. The first-order valence-corrected chi connectivity index (χ1v) is 12.7. The molecular weight excluding hydrogens is 434 g/mol. The fourth-order valence-corrected chi connectivity index (χ4v) is 5.16. The molecule has 0 spiro atoms. The highest BCUT2D eigenvalue weighted by molar-refractivity contribution is 7.90. The molecule has 4 heterocycles. The van der Waals surface area contributed by atoms with Crippen LogP contribution in [0.25, 0.3) is 16.7 Å². The molecule has 1 saturated heterocycles. The molecule has 4 aromatic rings. The van der Waals surface area contributed by atoms with Gasteiger partial charge in [-0.05, 0) is 41.8 Å². The Morgan fingerprint density at radius 2 is 1.87 bits per heavy atom. The monoisotopic (exact) mass is 455 g/mol. The minimum atomic E-state index is -3.25. The van der Waals surface area contributed by atoms with E-state index in [-0.39, 0.29) is 11.0 Å². The van der Waals surface area contributed by atoms with Crippen LogP contribution in [0, 0.1) is 0 Å². The number of aromatic nitrogens is 4. The molecule has 0 N–H and O–H groups in total. The van der Waals surface area contributed by atoms with Gasteiger partial charge in [0.25, 0.3) is 0 Å². The van der Waals surface area contributed by atoms with Gasteiger partial charge >= 0.3 is 0 Å². The van der Waals surface area contributed by atoms with E-state index in [1.807, 2.05) is 0 Å². The maximum Gasteiger partial charge on any atom is 0.228 e. The Kier molecular flexibility index (Phi) is 5.11. The summed E-state index contributed by atoms with van der Waals surface area (Å²) in [6.07, 6.45) is 6.28. The third kappa shape index (κ3) is 4.00. The van der Waals surface area contributed by atoms with Crippen LogP contribution in [0.2, 0.25) is 0 Å². The zero-order valence-electron chi connectivity index (χ0n) is 16.9. The predicted octanol–water partition coefficient (Wildman–Crippen LogP) is 3.33. The third-order valence-corrected chi connectivity index (χ3v) is 7.43. The van der Waals surface area contributed by atoms with Gasteiger partial charge in [0.2, 0.25) is 5.88 Å². The summed E-state index contributed by atoms with van der Waals surface area (Å²) in [5.41, 5.74) is 1.34. The molecule has 10 heteroatoms. The lowest BCUT2D eigenvalue weighted by Crippen LogP contribution is -2.38. The lowest BCUT2D eigenvalue weighted by Gasteiger charge is -2.32. The molecule has 0 radical (unpaired) electrons. The van der Waals surface area contributed by atoms with Crippen molar-refractivity contribution in [2.24, 2.45) is 0 Å². The molecule has 3 aromatic heterocycles. The Morgan fingerprint density at radius 3 is 2.55 bits per heavy atom. The molecule has 0 bridgehead atoms. The van der Waals surface area contributed by atoms with Gasteiger partial charge in [0, 0.05) is 32.2 Å². The molecule has 0 saturated carbocycles. The van der Waals surface area contributed by atoms with E-state index >= 15 is 0 Å². The van der Waals surface area contributed by atoms with Crippen LogP contribution in [0.1, 0.15) is 12.8 Å². The number of hydrogen-bond acceptors (Lipinski definition) is 8. The van der Waals surface area contributed by atoms with Gasteiger partial charge in [0.15, 0.2) is 15.5 Å². The summed E-state index contributed by atoms with van der Waals surface area (Å²) in [5.74, 6) is 0.526. The lowest BCUT2D eigenvalue weighted by atomic mass is 10.1. The van der Waals surface area contributed by atoms with E-state index in [0.717, 1.165) is 37.0 Å². The molecular formula is C21H21N5O3S2. The second-order valence-electron chi connectivity index (χ2n) is 7.49. The summed E-state index contributed by atoms with van der Waals surface area (Å²) in [5, 5.41) is 8.56. The summed E-state index contributed by atoms with van der Waals surface area (Å²) in [6, 6.07) is 10.8. The van der Waals surface area contributed by atoms with Crippen LogP contribution in [-0.2, 0) is 9.84 Å². The third-order valence-electron chi connectivity index (χ3n) is 5.38. The average molecular weight is 456 g/mol. The van der Waals surface area contributed by atoms with Crippen molar-refractivity contribution in [1.29, 1.82) is 0 Å². The van der Waals surface area contributed by atoms with Crippen LogP contribution in [0.3, 0.4) is 0 Å². The summed E-state index contributed by atoms with van der Waals surface area (Å²) in [7, 11) is -3.25. The Bertz CT molecular complexity index is 1290. The first-order chi connectivity index (χ1) is 15.0. The fourth-order valence-electron chi connectivity index (χ4n) is 3.74. The number of sulfone groups is 1. The molecule has 1 aromatic carbocycles. The van der Waals surface area contributed by atoms with Crippen LogP contribution in [0.4, 0.5) is 5.00 Å². The largest absolute Gasteiger partial charge is 0.474 e. The quantitative estimate of drug-likeness (QED) is 0.456. The van der Waals surface area contributed by atoms with Gasteiger partial charge in [-0.25, -0.2) is 23.1 Å². The van der Waals surface area contributed by atoms with Gasteiger partial charge in [-0.2, -0.15) is 5.10 Å². The van der Waals surface area contributed by atoms with E-state index in [1.54, 1.807) is 46.5 Å². The van der Waals surface area contributed by atoms with Crippen molar-refractivity contribution in [3.63, 3.8) is 0 Å². The number of nitrogens with zero attached hydrogens (tertiary/aromatic N) is 5. The Morgan fingerprint density at radius 1 is 1.10 bits per heavy atom. The molecule has 1 aliphatic heterocycles. The zero-order valence-corrected chi connectivity index (χ0v) is 18.5. The van der Waals surface area contributed by atoms with Crippen molar-refractivity contribution in [1.82, 2.24) is 19.7 Å². The van der Waals surface area contributed by atoms with Crippen LogP contribution in [-0.4, -0.2) is 53.6 Å². The van der Waals surface area contributed by atoms with Gasteiger partial charge in [0.05, 0.1) is 21.8 Å². The summed E-state index contributed by atoms with van der Waals surface area (Å²) >= 11 is 1.76. The van der Waals surface area contributed by atoms with Crippen LogP contribution in [0.5, 0.6) is 5.88 Å². The number of benzene rings is 1. The summed E-state index contributed by atoms with van der Waals surface area (Å²) in [6.45, 7) is 1.90. The predicted molar refractivity (Wildman–Crippen MR) is 120 cm³/mol. The van der Waals surface area contributed by atoms with E-state index in [9.17, 15) is 8.42 Å². The standard InChI is InChI=1S/C21H21N5O3S2/c1-31(27,28)17-6-4-15(5-7-17)26-20-18(13-24-26)21(23-14-22-20)29-16-8-10-25(11-9-16)19-3-2-12-30-19/h2-7,12-14,16H,8-11H2,1H3. The highest BCUT2D eigenvalue weighted by Crippen LogP contribution is 2.29. The van der Waals surface area contributed by atoms with E-state index in [2.05, 4.69) is 37.5 Å². The van der Waals surface area contributed by atoms with E-state index in [4.69, 9.17) is 4.74 Å². The number of rotatable bonds is 5. The van der Waals surface area contributed by atoms with Gasteiger partial charge in [-0.15, -0.1) is 11.3 Å². The first kappa shape index (κ1) is 20.0. The second-order valence-corrected chi connectivity index (χ2v) is 10.4. The van der Waals surface area contributed by atoms with Gasteiger partial charge in [-0.3, -0.25) is 0 Å². The summed E-state index contributed by atoms with van der Waals surface area (Å²) < 4.78 is 31.3. The molecule has 8 nitrogen and oxygen atoms in total. The molecule has 0 amide bonds. The Hall–Kier alpha value is -2.98. The minimum absolute atomic E-state index is 0.0895. The van der Waals surface area contributed by atoms with Crippen molar-refractivity contribution < 1.29 is 13.2 Å². The molecule has 0 unspecified atom stereocenters. The topological polar surface area (TPSA) is 90.2 Å². The normalized spacial score (nSPS) is 15.5. The maximum atomic E-state index is 11.7. The lowest BCUT2D eigenvalue weighted by molar-refractivity contribution is 0.166. The number of fused-ring (bicyclic) bond motifs is 1. The molecule has 0 atom stereocenters. The van der Waals surface area contributed by atoms with Crippen molar-refractivity contribution in [2.75, 3.05) is 24.2 Å². The minimum Gasteiger partial charge on any atom is -0.474 e. The highest BCUT2D eigenvalue weighted by atomic mass is 32.2. The number of thiophene rings is 1. The van der Waals surface area contributed by atoms with E-state index in [1.165, 1.54) is 17.6 Å².